The Kier molecular flexibility index (Phi) is 2.97. The lowest BCUT2D eigenvalue weighted by Crippen LogP contribution is -2.19. The second kappa shape index (κ2) is 4.58. The van der Waals surface area contributed by atoms with Crippen molar-refractivity contribution in [3.8, 4) is 0 Å². The number of benzene rings is 1. The molecular formula is C9H9N5O3. The average molecular weight is 235 g/mol. The summed E-state index contributed by atoms with van der Waals surface area (Å²) in [6, 6.07) is 5.60. The smallest absolute Gasteiger partial charge is 0.269 e. The Morgan fingerprint density at radius 2 is 1.88 bits per heavy atom. The monoisotopic (exact) mass is 235 g/mol. The van der Waals surface area contributed by atoms with Crippen molar-refractivity contribution in [1.29, 1.82) is 0 Å². The highest BCUT2D eigenvalue weighted by Gasteiger charge is 2.10. The quantitative estimate of drug-likeness (QED) is 0.452. The molecule has 1 heterocycles. The van der Waals surface area contributed by atoms with Gasteiger partial charge in [-0.25, -0.2) is 4.68 Å². The van der Waals surface area contributed by atoms with E-state index in [-0.39, 0.29) is 5.69 Å². The Labute approximate surface area is 95.6 Å². The summed E-state index contributed by atoms with van der Waals surface area (Å²) in [7, 11) is 0. The van der Waals surface area contributed by atoms with E-state index in [0.717, 1.165) is 0 Å². The molecule has 0 amide bonds. The average Bonchev–Trinajstić information content (AvgIpc) is 2.82. The Morgan fingerprint density at radius 3 is 2.41 bits per heavy atom. The van der Waals surface area contributed by atoms with E-state index in [2.05, 4.69) is 15.6 Å². The molecule has 0 aliphatic rings. The van der Waals surface area contributed by atoms with Gasteiger partial charge in [0.2, 0.25) is 0 Å². The number of rotatable bonds is 4. The molecule has 8 nitrogen and oxygen atoms in total. The van der Waals surface area contributed by atoms with E-state index >= 15 is 0 Å². The maximum absolute atomic E-state index is 10.4. The first-order valence-corrected chi connectivity index (χ1v) is 4.70. The lowest BCUT2D eigenvalue weighted by atomic mass is 10.2. The number of nitro benzene ring substituents is 1. The van der Waals surface area contributed by atoms with Crippen LogP contribution in [0.5, 0.6) is 0 Å². The van der Waals surface area contributed by atoms with Gasteiger partial charge in [0, 0.05) is 17.7 Å². The van der Waals surface area contributed by atoms with Gasteiger partial charge < -0.3 is 5.11 Å². The molecule has 0 aliphatic heterocycles. The molecule has 2 N–H and O–H groups in total. The van der Waals surface area contributed by atoms with Crippen molar-refractivity contribution in [2.24, 2.45) is 0 Å². The van der Waals surface area contributed by atoms with Gasteiger partial charge in [-0.05, 0) is 12.1 Å². The van der Waals surface area contributed by atoms with Crippen molar-refractivity contribution in [2.45, 2.75) is 6.23 Å². The molecule has 1 aromatic carbocycles. The van der Waals surface area contributed by atoms with Gasteiger partial charge in [0.25, 0.3) is 5.69 Å². The number of nitro groups is 1. The van der Waals surface area contributed by atoms with Crippen molar-refractivity contribution in [1.82, 2.24) is 14.9 Å². The summed E-state index contributed by atoms with van der Waals surface area (Å²) in [5, 5.41) is 27.3. The van der Waals surface area contributed by atoms with Gasteiger partial charge in [0.15, 0.2) is 6.23 Å². The molecule has 0 spiro atoms. The second-order valence-corrected chi connectivity index (χ2v) is 3.25. The first kappa shape index (κ1) is 11.0. The van der Waals surface area contributed by atoms with Gasteiger partial charge >= 0.3 is 0 Å². The first-order valence-electron chi connectivity index (χ1n) is 4.70. The normalized spacial score (nSPS) is 12.1. The highest BCUT2D eigenvalue weighted by molar-refractivity contribution is 5.34. The predicted molar refractivity (Wildman–Crippen MR) is 57.4 cm³/mol. The third kappa shape index (κ3) is 2.55. The first-order chi connectivity index (χ1) is 8.16. The molecule has 0 saturated carbocycles. The van der Waals surface area contributed by atoms with Crippen molar-refractivity contribution < 1.29 is 10.0 Å². The summed E-state index contributed by atoms with van der Waals surface area (Å²) in [6.45, 7) is 0. The number of nitrogens with one attached hydrogen (secondary N) is 1. The van der Waals surface area contributed by atoms with Crippen LogP contribution >= 0.6 is 0 Å². The number of hydrogen-bond donors (Lipinski definition) is 2. The standard InChI is InChI=1S/C9H9N5O3/c15-9(12-13-5-10-11-6-13)7-1-3-8(4-2-7)14(16)17/h1-6,9,12,15H/t9-/m0/s1. The maximum Gasteiger partial charge on any atom is 0.269 e. The summed E-state index contributed by atoms with van der Waals surface area (Å²) >= 11 is 0. The van der Waals surface area contributed by atoms with E-state index < -0.39 is 11.2 Å². The van der Waals surface area contributed by atoms with Crippen LogP contribution in [0.25, 0.3) is 0 Å². The van der Waals surface area contributed by atoms with Crippen molar-refractivity contribution in [3.63, 3.8) is 0 Å². The molecule has 0 aliphatic carbocycles. The van der Waals surface area contributed by atoms with E-state index in [1.807, 2.05) is 0 Å². The van der Waals surface area contributed by atoms with Crippen molar-refractivity contribution in [2.75, 3.05) is 5.43 Å². The summed E-state index contributed by atoms with van der Waals surface area (Å²) < 4.78 is 1.38. The molecular weight excluding hydrogens is 226 g/mol. The zero-order chi connectivity index (χ0) is 12.3. The number of hydrogen-bond acceptors (Lipinski definition) is 6. The van der Waals surface area contributed by atoms with Crippen LogP contribution in [0.3, 0.4) is 0 Å². The minimum Gasteiger partial charge on any atom is -0.368 e. The third-order valence-electron chi connectivity index (χ3n) is 2.11. The Hall–Kier alpha value is -2.48. The minimum absolute atomic E-state index is 0.0229. The van der Waals surface area contributed by atoms with Crippen molar-refractivity contribution in [3.05, 3.63) is 52.6 Å². The molecule has 8 heteroatoms. The van der Waals surface area contributed by atoms with Crippen LogP contribution < -0.4 is 5.43 Å². The van der Waals surface area contributed by atoms with E-state index in [9.17, 15) is 15.2 Å². The number of aromatic nitrogens is 3. The number of aliphatic hydroxyl groups is 1. The molecule has 0 bridgehead atoms. The van der Waals surface area contributed by atoms with Crippen LogP contribution in [-0.2, 0) is 0 Å². The fourth-order valence-electron chi connectivity index (χ4n) is 1.26. The van der Waals surface area contributed by atoms with Crippen LogP contribution in [0.2, 0.25) is 0 Å². The van der Waals surface area contributed by atoms with Crippen LogP contribution in [0.15, 0.2) is 36.9 Å². The van der Waals surface area contributed by atoms with Gasteiger partial charge in [-0.1, -0.05) is 0 Å². The molecule has 1 aromatic heterocycles. The number of nitrogens with zero attached hydrogens (tertiary/aromatic N) is 4. The van der Waals surface area contributed by atoms with E-state index in [4.69, 9.17) is 0 Å². The van der Waals surface area contributed by atoms with Crippen LogP contribution in [0, 0.1) is 10.1 Å². The summed E-state index contributed by atoms with van der Waals surface area (Å²) in [4.78, 5) is 9.95. The van der Waals surface area contributed by atoms with E-state index in [1.165, 1.54) is 41.6 Å². The number of non-ortho nitro benzene ring substituents is 1. The molecule has 2 aromatic rings. The third-order valence-corrected chi connectivity index (χ3v) is 2.11. The SMILES string of the molecule is O=[N+]([O-])c1ccc([C@H](O)Nn2cnnc2)cc1. The fraction of sp³-hybridized carbons (Fsp3) is 0.111. The Balaban J connectivity index is 2.09. The molecule has 0 unspecified atom stereocenters. The molecule has 88 valence electrons. The molecule has 17 heavy (non-hydrogen) atoms. The van der Waals surface area contributed by atoms with Gasteiger partial charge in [-0.3, -0.25) is 15.5 Å². The van der Waals surface area contributed by atoms with E-state index in [1.54, 1.807) is 0 Å². The Morgan fingerprint density at radius 1 is 1.29 bits per heavy atom. The van der Waals surface area contributed by atoms with Crippen LogP contribution in [0.4, 0.5) is 5.69 Å². The number of aliphatic hydroxyl groups excluding tert-OH is 1. The van der Waals surface area contributed by atoms with Gasteiger partial charge in [0.1, 0.15) is 12.7 Å². The van der Waals surface area contributed by atoms with Gasteiger partial charge in [-0.2, -0.15) is 0 Å². The molecule has 0 radical (unpaired) electrons. The molecule has 0 saturated heterocycles. The summed E-state index contributed by atoms with van der Waals surface area (Å²) in [5.41, 5.74) is 3.15. The largest absolute Gasteiger partial charge is 0.368 e. The maximum atomic E-state index is 10.4. The highest BCUT2D eigenvalue weighted by atomic mass is 16.6. The minimum atomic E-state index is -0.994. The van der Waals surface area contributed by atoms with Gasteiger partial charge in [0.05, 0.1) is 4.92 Å². The van der Waals surface area contributed by atoms with Crippen LogP contribution in [0.1, 0.15) is 11.8 Å². The molecule has 1 atom stereocenters. The highest BCUT2D eigenvalue weighted by Crippen LogP contribution is 2.16. The molecule has 2 rings (SSSR count). The van der Waals surface area contributed by atoms with Gasteiger partial charge in [-0.15, -0.1) is 10.2 Å². The fourth-order valence-corrected chi connectivity index (χ4v) is 1.26. The summed E-state index contributed by atoms with van der Waals surface area (Å²) in [6.07, 6.45) is 1.77. The second-order valence-electron chi connectivity index (χ2n) is 3.25. The Bertz CT molecular complexity index is 496. The predicted octanol–water partition coefficient (Wildman–Crippen LogP) is 0.421. The lowest BCUT2D eigenvalue weighted by molar-refractivity contribution is -0.384. The summed E-state index contributed by atoms with van der Waals surface area (Å²) in [5.74, 6) is 0. The van der Waals surface area contributed by atoms with Crippen molar-refractivity contribution >= 4 is 5.69 Å². The van der Waals surface area contributed by atoms with E-state index in [0.29, 0.717) is 5.56 Å². The van der Waals surface area contributed by atoms with Crippen LogP contribution in [-0.4, -0.2) is 24.9 Å². The molecule has 0 fully saturated rings. The topological polar surface area (TPSA) is 106 Å². The lowest BCUT2D eigenvalue weighted by Gasteiger charge is -2.13. The zero-order valence-electron chi connectivity index (χ0n) is 8.59. The zero-order valence-corrected chi connectivity index (χ0v) is 8.59.